The summed E-state index contributed by atoms with van der Waals surface area (Å²) >= 11 is 10.9. The minimum absolute atomic E-state index is 0.0603. The Morgan fingerprint density at radius 1 is 1.10 bits per heavy atom. The molecular weight excluding hydrogens is 295 g/mol. The van der Waals surface area contributed by atoms with Gasteiger partial charge in [0.1, 0.15) is 5.82 Å². The molecule has 2 aromatic rings. The highest BCUT2D eigenvalue weighted by atomic mass is 35.5. The van der Waals surface area contributed by atoms with Crippen LogP contribution in [0, 0.1) is 5.82 Å². The quantitative estimate of drug-likeness (QED) is 0.793. The van der Waals surface area contributed by atoms with Crippen molar-refractivity contribution in [1.29, 1.82) is 0 Å². The zero-order valence-electron chi connectivity index (χ0n) is 10.9. The van der Waals surface area contributed by atoms with Crippen molar-refractivity contribution >= 4 is 40.3 Å². The lowest BCUT2D eigenvalue weighted by molar-refractivity contribution is 0.628. The van der Waals surface area contributed by atoms with Crippen LogP contribution in [0.3, 0.4) is 0 Å². The van der Waals surface area contributed by atoms with Gasteiger partial charge in [-0.2, -0.15) is 0 Å². The van der Waals surface area contributed by atoms with Gasteiger partial charge in [0.15, 0.2) is 5.11 Å². The molecule has 2 N–H and O–H groups in total. The minimum atomic E-state index is -0.453. The third kappa shape index (κ3) is 3.92. The molecule has 0 heterocycles. The molecule has 0 bridgehead atoms. The van der Waals surface area contributed by atoms with Gasteiger partial charge in [-0.05, 0) is 54.5 Å². The molecular formula is C15H14ClFN2S. The summed E-state index contributed by atoms with van der Waals surface area (Å²) in [5.74, 6) is -0.453. The van der Waals surface area contributed by atoms with Gasteiger partial charge in [0.25, 0.3) is 0 Å². The van der Waals surface area contributed by atoms with Gasteiger partial charge in [-0.25, -0.2) is 4.39 Å². The second-order valence-corrected chi connectivity index (χ2v) is 5.07. The maximum Gasteiger partial charge on any atom is 0.175 e. The Hall–Kier alpha value is -1.65. The Morgan fingerprint density at radius 3 is 2.30 bits per heavy atom. The molecule has 0 aliphatic heterocycles. The van der Waals surface area contributed by atoms with E-state index in [0.717, 1.165) is 12.1 Å². The summed E-state index contributed by atoms with van der Waals surface area (Å²) in [6.07, 6.45) is 0.997. The molecule has 0 unspecified atom stereocenters. The van der Waals surface area contributed by atoms with Crippen molar-refractivity contribution in [2.24, 2.45) is 0 Å². The Kier molecular flexibility index (Phi) is 4.93. The van der Waals surface area contributed by atoms with Gasteiger partial charge in [-0.3, -0.25) is 0 Å². The van der Waals surface area contributed by atoms with Gasteiger partial charge in [0.2, 0.25) is 0 Å². The normalized spacial score (nSPS) is 10.2. The molecule has 2 aromatic carbocycles. The van der Waals surface area contributed by atoms with E-state index in [0.29, 0.717) is 10.8 Å². The first-order valence-electron chi connectivity index (χ1n) is 6.20. The van der Waals surface area contributed by atoms with Crippen molar-refractivity contribution in [2.75, 3.05) is 10.6 Å². The standard InChI is InChI=1S/C15H14ClFN2S/c1-2-10-3-5-11(6-4-10)18-15(20)19-12-7-8-14(17)13(16)9-12/h3-9H,2H2,1H3,(H2,18,19,20). The lowest BCUT2D eigenvalue weighted by Gasteiger charge is -2.11. The van der Waals surface area contributed by atoms with Gasteiger partial charge in [-0.1, -0.05) is 30.7 Å². The number of aryl methyl sites for hydroxylation is 1. The molecule has 5 heteroatoms. The lowest BCUT2D eigenvalue weighted by atomic mass is 10.1. The van der Waals surface area contributed by atoms with E-state index in [-0.39, 0.29) is 5.02 Å². The van der Waals surface area contributed by atoms with E-state index >= 15 is 0 Å². The summed E-state index contributed by atoms with van der Waals surface area (Å²) in [4.78, 5) is 0. The molecule has 0 fully saturated rings. The van der Waals surface area contributed by atoms with Gasteiger partial charge in [0, 0.05) is 11.4 Å². The Labute approximate surface area is 128 Å². The largest absolute Gasteiger partial charge is 0.332 e. The predicted molar refractivity (Wildman–Crippen MR) is 87.1 cm³/mol. The third-order valence-electron chi connectivity index (χ3n) is 2.80. The van der Waals surface area contributed by atoms with Crippen LogP contribution in [0.2, 0.25) is 5.02 Å². The molecule has 104 valence electrons. The van der Waals surface area contributed by atoms with Crippen LogP contribution in [0.25, 0.3) is 0 Å². The molecule has 0 aliphatic carbocycles. The van der Waals surface area contributed by atoms with Gasteiger partial charge in [0.05, 0.1) is 5.02 Å². The van der Waals surface area contributed by atoms with Crippen LogP contribution in [0.1, 0.15) is 12.5 Å². The van der Waals surface area contributed by atoms with Crippen molar-refractivity contribution < 1.29 is 4.39 Å². The lowest BCUT2D eigenvalue weighted by Crippen LogP contribution is -2.19. The van der Waals surface area contributed by atoms with Gasteiger partial charge in [-0.15, -0.1) is 0 Å². The maximum absolute atomic E-state index is 13.0. The highest BCUT2D eigenvalue weighted by Crippen LogP contribution is 2.19. The second-order valence-electron chi connectivity index (χ2n) is 4.26. The van der Waals surface area contributed by atoms with Crippen LogP contribution in [0.15, 0.2) is 42.5 Å². The molecule has 0 spiro atoms. The number of anilines is 2. The van der Waals surface area contributed by atoms with E-state index < -0.39 is 5.82 Å². The second kappa shape index (κ2) is 6.68. The number of benzene rings is 2. The molecule has 0 radical (unpaired) electrons. The fourth-order valence-electron chi connectivity index (χ4n) is 1.69. The Morgan fingerprint density at radius 2 is 1.70 bits per heavy atom. The maximum atomic E-state index is 13.0. The number of hydrogen-bond acceptors (Lipinski definition) is 1. The molecule has 20 heavy (non-hydrogen) atoms. The minimum Gasteiger partial charge on any atom is -0.332 e. The Balaban J connectivity index is 1.99. The van der Waals surface area contributed by atoms with Gasteiger partial charge >= 0.3 is 0 Å². The summed E-state index contributed by atoms with van der Waals surface area (Å²) in [5, 5.41) is 6.50. The fourth-order valence-corrected chi connectivity index (χ4v) is 2.11. The highest BCUT2D eigenvalue weighted by molar-refractivity contribution is 7.80. The first-order chi connectivity index (χ1) is 9.58. The van der Waals surface area contributed by atoms with E-state index in [9.17, 15) is 4.39 Å². The van der Waals surface area contributed by atoms with Crippen molar-refractivity contribution in [3.8, 4) is 0 Å². The van der Waals surface area contributed by atoms with Crippen LogP contribution < -0.4 is 10.6 Å². The number of hydrogen-bond donors (Lipinski definition) is 2. The summed E-state index contributed by atoms with van der Waals surface area (Å²) in [6, 6.07) is 12.4. The molecule has 0 aliphatic rings. The van der Waals surface area contributed by atoms with Crippen molar-refractivity contribution in [3.05, 3.63) is 58.9 Å². The molecule has 0 saturated heterocycles. The number of halogens is 2. The van der Waals surface area contributed by atoms with Crippen LogP contribution in [0.4, 0.5) is 15.8 Å². The third-order valence-corrected chi connectivity index (χ3v) is 3.29. The van der Waals surface area contributed by atoms with E-state index in [1.807, 2.05) is 24.3 Å². The topological polar surface area (TPSA) is 24.1 Å². The van der Waals surface area contributed by atoms with E-state index in [4.69, 9.17) is 23.8 Å². The zero-order valence-corrected chi connectivity index (χ0v) is 12.5. The number of thiocarbonyl (C=S) groups is 1. The van der Waals surface area contributed by atoms with Crippen LogP contribution >= 0.6 is 23.8 Å². The predicted octanol–water partition coefficient (Wildman–Crippen LogP) is 4.85. The molecule has 0 saturated carbocycles. The smallest absolute Gasteiger partial charge is 0.175 e. The molecule has 0 aromatic heterocycles. The fraction of sp³-hybridized carbons (Fsp3) is 0.133. The van der Waals surface area contributed by atoms with Crippen LogP contribution in [-0.4, -0.2) is 5.11 Å². The summed E-state index contributed by atoms with van der Waals surface area (Å²) in [5.41, 5.74) is 2.80. The first-order valence-corrected chi connectivity index (χ1v) is 6.99. The van der Waals surface area contributed by atoms with Crippen LogP contribution in [-0.2, 0) is 6.42 Å². The monoisotopic (exact) mass is 308 g/mol. The number of rotatable bonds is 3. The average Bonchev–Trinajstić information content (AvgIpc) is 2.44. The molecule has 0 amide bonds. The summed E-state index contributed by atoms with van der Waals surface area (Å²) in [7, 11) is 0. The van der Waals surface area contributed by atoms with E-state index in [1.54, 1.807) is 6.07 Å². The SMILES string of the molecule is CCc1ccc(NC(=S)Nc2ccc(F)c(Cl)c2)cc1. The van der Waals surface area contributed by atoms with Crippen molar-refractivity contribution in [2.45, 2.75) is 13.3 Å². The molecule has 0 atom stereocenters. The van der Waals surface area contributed by atoms with E-state index in [1.165, 1.54) is 17.7 Å². The Bertz CT molecular complexity index is 614. The first kappa shape index (κ1) is 14.8. The van der Waals surface area contributed by atoms with Crippen molar-refractivity contribution in [1.82, 2.24) is 0 Å². The summed E-state index contributed by atoms with van der Waals surface area (Å²) < 4.78 is 13.0. The zero-order chi connectivity index (χ0) is 14.5. The summed E-state index contributed by atoms with van der Waals surface area (Å²) in [6.45, 7) is 2.10. The number of nitrogens with one attached hydrogen (secondary N) is 2. The van der Waals surface area contributed by atoms with Gasteiger partial charge < -0.3 is 10.6 Å². The average molecular weight is 309 g/mol. The van der Waals surface area contributed by atoms with Crippen LogP contribution in [0.5, 0.6) is 0 Å². The molecule has 2 rings (SSSR count). The molecule has 2 nitrogen and oxygen atoms in total. The van der Waals surface area contributed by atoms with Crippen molar-refractivity contribution in [3.63, 3.8) is 0 Å². The highest BCUT2D eigenvalue weighted by Gasteiger charge is 2.03. The van der Waals surface area contributed by atoms with E-state index in [2.05, 4.69) is 17.6 Å².